The van der Waals surface area contributed by atoms with E-state index in [2.05, 4.69) is 4.98 Å². The van der Waals surface area contributed by atoms with E-state index < -0.39 is 0 Å². The molecule has 1 heterocycles. The van der Waals surface area contributed by atoms with Crippen LogP contribution in [-0.4, -0.2) is 15.5 Å². The molecule has 1 aromatic heterocycles. The van der Waals surface area contributed by atoms with Crippen LogP contribution in [0.2, 0.25) is 0 Å². The van der Waals surface area contributed by atoms with Gasteiger partial charge in [-0.05, 0) is 12.8 Å². The lowest BCUT2D eigenvalue weighted by molar-refractivity contribution is -0.118. The Hall–Kier alpha value is -1.52. The molecule has 0 bridgehead atoms. The Labute approximate surface area is 75.6 Å². The summed E-state index contributed by atoms with van der Waals surface area (Å²) < 4.78 is 1.57. The highest BCUT2D eigenvalue weighted by molar-refractivity contribution is 5.73. The highest BCUT2D eigenvalue weighted by Gasteiger charge is 1.97. The molecule has 1 aromatic rings. The van der Waals surface area contributed by atoms with Crippen LogP contribution in [0.25, 0.3) is 0 Å². The smallest absolute Gasteiger partial charge is 0.325 e. The molecule has 0 aliphatic carbocycles. The second-order valence-electron chi connectivity index (χ2n) is 2.88. The van der Waals surface area contributed by atoms with E-state index in [4.69, 9.17) is 5.73 Å². The zero-order chi connectivity index (χ0) is 9.68. The first kappa shape index (κ1) is 9.57. The Bertz CT molecular complexity index is 326. The number of carbonyl (C=O) groups excluding carboxylic acids is 1. The number of nitrogens with zero attached hydrogens (tertiary/aromatic N) is 1. The lowest BCUT2D eigenvalue weighted by Crippen LogP contribution is -2.16. The van der Waals surface area contributed by atoms with Crippen molar-refractivity contribution in [2.24, 2.45) is 5.73 Å². The lowest BCUT2D eigenvalue weighted by atomic mass is 10.2. The minimum atomic E-state index is -0.290. The summed E-state index contributed by atoms with van der Waals surface area (Å²) in [5, 5.41) is 0. The fourth-order valence-corrected chi connectivity index (χ4v) is 1.11. The Kier molecular flexibility index (Phi) is 3.31. The van der Waals surface area contributed by atoms with Gasteiger partial charge >= 0.3 is 5.69 Å². The first-order valence-electron chi connectivity index (χ1n) is 4.22. The predicted octanol–water partition coefficient (Wildman–Crippen LogP) is -0.168. The standard InChI is InChI=1S/C8H13N3O2/c9-7(12)3-1-2-5-11-6-4-10-8(11)13/h4,6H,1-3,5H2,(H2,9,12)(H,10,13). The van der Waals surface area contributed by atoms with Gasteiger partial charge in [0.15, 0.2) is 0 Å². The minimum absolute atomic E-state index is 0.112. The Morgan fingerprint density at radius 1 is 1.54 bits per heavy atom. The monoisotopic (exact) mass is 183 g/mol. The van der Waals surface area contributed by atoms with E-state index in [9.17, 15) is 9.59 Å². The number of unbranched alkanes of at least 4 members (excludes halogenated alkanes) is 1. The quantitative estimate of drug-likeness (QED) is 0.621. The molecule has 0 unspecified atom stereocenters. The number of hydrogen-bond acceptors (Lipinski definition) is 2. The third-order valence-electron chi connectivity index (χ3n) is 1.79. The van der Waals surface area contributed by atoms with Crippen molar-refractivity contribution in [3.63, 3.8) is 0 Å². The van der Waals surface area contributed by atoms with Crippen molar-refractivity contribution in [1.29, 1.82) is 0 Å². The van der Waals surface area contributed by atoms with Crippen molar-refractivity contribution in [2.45, 2.75) is 25.8 Å². The molecule has 0 saturated heterocycles. The molecule has 3 N–H and O–H groups in total. The maximum atomic E-state index is 11.0. The first-order chi connectivity index (χ1) is 6.20. The van der Waals surface area contributed by atoms with Gasteiger partial charge in [-0.15, -0.1) is 0 Å². The van der Waals surface area contributed by atoms with Crippen LogP contribution in [0.3, 0.4) is 0 Å². The van der Waals surface area contributed by atoms with Gasteiger partial charge in [-0.25, -0.2) is 4.79 Å². The van der Waals surface area contributed by atoms with Gasteiger partial charge in [0.2, 0.25) is 5.91 Å². The average Bonchev–Trinajstić information content (AvgIpc) is 2.45. The summed E-state index contributed by atoms with van der Waals surface area (Å²) in [5.74, 6) is -0.290. The summed E-state index contributed by atoms with van der Waals surface area (Å²) in [5.41, 5.74) is 4.86. The molecule has 1 rings (SSSR count). The second-order valence-corrected chi connectivity index (χ2v) is 2.88. The number of aromatic amines is 1. The number of H-pyrrole nitrogens is 1. The van der Waals surface area contributed by atoms with E-state index in [1.54, 1.807) is 17.0 Å². The summed E-state index contributed by atoms with van der Waals surface area (Å²) >= 11 is 0. The van der Waals surface area contributed by atoms with Crippen LogP contribution < -0.4 is 11.4 Å². The molecule has 0 spiro atoms. The molecule has 0 aliphatic rings. The third-order valence-corrected chi connectivity index (χ3v) is 1.79. The SMILES string of the molecule is NC(=O)CCCCn1cc[nH]c1=O. The molecule has 0 fully saturated rings. The number of aromatic nitrogens is 2. The normalized spacial score (nSPS) is 10.2. The molecule has 0 aliphatic heterocycles. The molecular weight excluding hydrogens is 170 g/mol. The van der Waals surface area contributed by atoms with E-state index in [0.29, 0.717) is 13.0 Å². The number of amides is 1. The highest BCUT2D eigenvalue weighted by Crippen LogP contribution is 1.96. The molecule has 0 saturated carbocycles. The molecule has 5 nitrogen and oxygen atoms in total. The molecule has 1 amide bonds. The summed E-state index contributed by atoms with van der Waals surface area (Å²) in [6.45, 7) is 0.635. The molecule has 5 heteroatoms. The highest BCUT2D eigenvalue weighted by atomic mass is 16.1. The van der Waals surface area contributed by atoms with E-state index in [1.807, 2.05) is 0 Å². The summed E-state index contributed by atoms with van der Waals surface area (Å²) in [6.07, 6.45) is 5.19. The number of nitrogens with two attached hydrogens (primary N) is 1. The van der Waals surface area contributed by atoms with Gasteiger partial charge in [-0.2, -0.15) is 0 Å². The van der Waals surface area contributed by atoms with Crippen LogP contribution in [0.1, 0.15) is 19.3 Å². The third kappa shape index (κ3) is 3.14. The van der Waals surface area contributed by atoms with Crippen LogP contribution in [0.4, 0.5) is 0 Å². The van der Waals surface area contributed by atoms with E-state index in [0.717, 1.165) is 12.8 Å². The number of imidazole rings is 1. The maximum Gasteiger partial charge on any atom is 0.325 e. The van der Waals surface area contributed by atoms with E-state index >= 15 is 0 Å². The van der Waals surface area contributed by atoms with Gasteiger partial charge < -0.3 is 10.7 Å². The Morgan fingerprint density at radius 3 is 2.85 bits per heavy atom. The Balaban J connectivity index is 2.24. The van der Waals surface area contributed by atoms with Crippen LogP contribution >= 0.6 is 0 Å². The predicted molar refractivity (Wildman–Crippen MR) is 48.1 cm³/mol. The van der Waals surface area contributed by atoms with Gasteiger partial charge in [0, 0.05) is 25.4 Å². The van der Waals surface area contributed by atoms with Gasteiger partial charge in [-0.1, -0.05) is 0 Å². The Morgan fingerprint density at radius 2 is 2.31 bits per heavy atom. The van der Waals surface area contributed by atoms with Gasteiger partial charge in [0.1, 0.15) is 0 Å². The lowest BCUT2D eigenvalue weighted by Gasteiger charge is -1.98. The van der Waals surface area contributed by atoms with Gasteiger partial charge in [0.25, 0.3) is 0 Å². The fraction of sp³-hybridized carbons (Fsp3) is 0.500. The molecule has 0 aromatic carbocycles. The largest absolute Gasteiger partial charge is 0.370 e. The van der Waals surface area contributed by atoms with Crippen molar-refractivity contribution >= 4 is 5.91 Å². The zero-order valence-electron chi connectivity index (χ0n) is 7.32. The van der Waals surface area contributed by atoms with E-state index in [-0.39, 0.29) is 11.6 Å². The van der Waals surface area contributed by atoms with Crippen molar-refractivity contribution in [3.8, 4) is 0 Å². The average molecular weight is 183 g/mol. The van der Waals surface area contributed by atoms with Crippen molar-refractivity contribution < 1.29 is 4.79 Å². The van der Waals surface area contributed by atoms with Crippen LogP contribution in [0, 0.1) is 0 Å². The number of primary amides is 1. The molecule has 0 atom stereocenters. The number of hydrogen-bond donors (Lipinski definition) is 2. The number of nitrogens with one attached hydrogen (secondary N) is 1. The van der Waals surface area contributed by atoms with Crippen LogP contribution in [0.5, 0.6) is 0 Å². The summed E-state index contributed by atoms with van der Waals surface area (Å²) in [6, 6.07) is 0. The molecule has 13 heavy (non-hydrogen) atoms. The number of rotatable bonds is 5. The van der Waals surface area contributed by atoms with Crippen molar-refractivity contribution in [2.75, 3.05) is 0 Å². The topological polar surface area (TPSA) is 80.9 Å². The minimum Gasteiger partial charge on any atom is -0.370 e. The number of carbonyl (C=O) groups is 1. The van der Waals surface area contributed by atoms with Crippen molar-refractivity contribution in [3.05, 3.63) is 22.9 Å². The number of aryl methyl sites for hydroxylation is 1. The maximum absolute atomic E-state index is 11.0. The van der Waals surface area contributed by atoms with Crippen molar-refractivity contribution in [1.82, 2.24) is 9.55 Å². The molecular formula is C8H13N3O2. The van der Waals surface area contributed by atoms with Gasteiger partial charge in [0.05, 0.1) is 0 Å². The van der Waals surface area contributed by atoms with E-state index in [1.165, 1.54) is 0 Å². The zero-order valence-corrected chi connectivity index (χ0v) is 7.32. The first-order valence-corrected chi connectivity index (χ1v) is 4.22. The fourth-order valence-electron chi connectivity index (χ4n) is 1.11. The molecule has 72 valence electrons. The summed E-state index contributed by atoms with van der Waals surface area (Å²) in [4.78, 5) is 23.9. The second kappa shape index (κ2) is 4.49. The summed E-state index contributed by atoms with van der Waals surface area (Å²) in [7, 11) is 0. The van der Waals surface area contributed by atoms with Gasteiger partial charge in [-0.3, -0.25) is 9.36 Å². The van der Waals surface area contributed by atoms with Crippen LogP contribution in [0.15, 0.2) is 17.2 Å². The molecule has 0 radical (unpaired) electrons. The van der Waals surface area contributed by atoms with Crippen LogP contribution in [-0.2, 0) is 11.3 Å².